The Bertz CT molecular complexity index is 381. The van der Waals surface area contributed by atoms with E-state index in [0.717, 1.165) is 6.42 Å². The summed E-state index contributed by atoms with van der Waals surface area (Å²) in [5.41, 5.74) is 5.68. The third kappa shape index (κ3) is 0.591. The van der Waals surface area contributed by atoms with Crippen LogP contribution < -0.4 is 0 Å². The molecular formula is C11H8. The van der Waals surface area contributed by atoms with Crippen molar-refractivity contribution in [3.05, 3.63) is 40.5 Å². The molecule has 0 saturated heterocycles. The molecule has 2 bridgehead atoms. The maximum atomic E-state index is 2.28. The van der Waals surface area contributed by atoms with Crippen LogP contribution >= 0.6 is 0 Å². The highest BCUT2D eigenvalue weighted by Gasteiger charge is 2.12. The van der Waals surface area contributed by atoms with E-state index in [9.17, 15) is 0 Å². The molecule has 11 heavy (non-hydrogen) atoms. The summed E-state index contributed by atoms with van der Waals surface area (Å²) in [6.45, 7) is 0. The molecule has 3 rings (SSSR count). The zero-order valence-electron chi connectivity index (χ0n) is 6.17. The minimum atomic E-state index is 1.12. The van der Waals surface area contributed by atoms with Crippen molar-refractivity contribution in [2.75, 3.05) is 0 Å². The average Bonchev–Trinajstić information content (AvgIpc) is 2.58. The molecule has 0 amide bonds. The summed E-state index contributed by atoms with van der Waals surface area (Å²) in [6, 6.07) is 4.52. The van der Waals surface area contributed by atoms with E-state index in [4.69, 9.17) is 0 Å². The highest BCUT2D eigenvalue weighted by molar-refractivity contribution is 5.85. The van der Waals surface area contributed by atoms with Crippen LogP contribution in [0.1, 0.15) is 22.3 Å². The van der Waals surface area contributed by atoms with Crippen molar-refractivity contribution in [1.29, 1.82) is 0 Å². The second-order valence-electron chi connectivity index (χ2n) is 3.12. The molecule has 1 aromatic carbocycles. The first-order chi connectivity index (χ1) is 5.43. The highest BCUT2D eigenvalue weighted by Crippen LogP contribution is 2.30. The smallest absolute Gasteiger partial charge is 0.00877 e. The third-order valence-corrected chi connectivity index (χ3v) is 2.40. The summed E-state index contributed by atoms with van der Waals surface area (Å²) >= 11 is 0. The van der Waals surface area contributed by atoms with Crippen molar-refractivity contribution >= 4 is 18.2 Å². The molecule has 0 heterocycles. The van der Waals surface area contributed by atoms with E-state index in [1.54, 1.807) is 0 Å². The van der Waals surface area contributed by atoms with Gasteiger partial charge in [0, 0.05) is 0 Å². The molecule has 0 aliphatic heterocycles. The van der Waals surface area contributed by atoms with Gasteiger partial charge >= 0.3 is 0 Å². The Hall–Kier alpha value is -1.30. The molecule has 0 N–H and O–H groups in total. The molecule has 0 atom stereocenters. The molecule has 0 unspecified atom stereocenters. The Labute approximate surface area is 65.9 Å². The normalized spacial score (nSPS) is 16.0. The van der Waals surface area contributed by atoms with Crippen LogP contribution in [0.3, 0.4) is 0 Å². The minimum absolute atomic E-state index is 1.12. The summed E-state index contributed by atoms with van der Waals surface area (Å²) in [5, 5.41) is 0. The average molecular weight is 140 g/mol. The fourth-order valence-electron chi connectivity index (χ4n) is 1.86. The Morgan fingerprint density at radius 3 is 3.00 bits per heavy atom. The predicted molar refractivity (Wildman–Crippen MR) is 48.1 cm³/mol. The first kappa shape index (κ1) is 5.36. The number of benzene rings is 1. The van der Waals surface area contributed by atoms with Crippen LogP contribution in [0.15, 0.2) is 18.2 Å². The topological polar surface area (TPSA) is 0 Å². The van der Waals surface area contributed by atoms with Gasteiger partial charge in [0.25, 0.3) is 0 Å². The third-order valence-electron chi connectivity index (χ3n) is 2.40. The van der Waals surface area contributed by atoms with E-state index in [1.807, 2.05) is 0 Å². The second-order valence-corrected chi connectivity index (χ2v) is 3.12. The quantitative estimate of drug-likeness (QED) is 0.527. The number of hydrogen-bond acceptors (Lipinski definition) is 0. The molecule has 52 valence electrons. The van der Waals surface area contributed by atoms with E-state index < -0.39 is 0 Å². The molecule has 2 aliphatic carbocycles. The summed E-state index contributed by atoms with van der Waals surface area (Å²) < 4.78 is 0. The molecule has 0 spiro atoms. The molecule has 0 radical (unpaired) electrons. The van der Waals surface area contributed by atoms with Crippen molar-refractivity contribution in [3.63, 3.8) is 0 Å². The van der Waals surface area contributed by atoms with Gasteiger partial charge in [-0.15, -0.1) is 0 Å². The molecule has 0 nitrogen and oxygen atoms in total. The lowest BCUT2D eigenvalue weighted by atomic mass is 10.0. The van der Waals surface area contributed by atoms with E-state index in [1.165, 1.54) is 22.3 Å². The van der Waals surface area contributed by atoms with Crippen LogP contribution in [-0.2, 0) is 6.42 Å². The Kier molecular flexibility index (Phi) is 0.803. The summed E-state index contributed by atoms with van der Waals surface area (Å²) in [4.78, 5) is 0. The van der Waals surface area contributed by atoms with E-state index in [2.05, 4.69) is 36.4 Å². The zero-order chi connectivity index (χ0) is 7.26. The van der Waals surface area contributed by atoms with Crippen LogP contribution in [0.5, 0.6) is 0 Å². The van der Waals surface area contributed by atoms with Crippen LogP contribution in [0.25, 0.3) is 18.2 Å². The summed E-state index contributed by atoms with van der Waals surface area (Å²) in [5.74, 6) is 0. The number of allylic oxidation sites excluding steroid dienone is 1. The van der Waals surface area contributed by atoms with E-state index in [-0.39, 0.29) is 0 Å². The minimum Gasteiger partial charge on any atom is -0.0795 e. The van der Waals surface area contributed by atoms with Gasteiger partial charge in [0.2, 0.25) is 0 Å². The van der Waals surface area contributed by atoms with Crippen LogP contribution in [0.4, 0.5) is 0 Å². The monoisotopic (exact) mass is 140 g/mol. The molecule has 1 aromatic rings. The summed E-state index contributed by atoms with van der Waals surface area (Å²) in [7, 11) is 0. The lowest BCUT2D eigenvalue weighted by molar-refractivity contribution is 1.31. The van der Waals surface area contributed by atoms with Crippen molar-refractivity contribution in [2.45, 2.75) is 6.42 Å². The fraction of sp³-hybridized carbons (Fsp3) is 0.0909. The van der Waals surface area contributed by atoms with Gasteiger partial charge in [-0.2, -0.15) is 0 Å². The van der Waals surface area contributed by atoms with Gasteiger partial charge < -0.3 is 0 Å². The predicted octanol–water partition coefficient (Wildman–Crippen LogP) is 2.74. The number of rotatable bonds is 0. The Morgan fingerprint density at radius 1 is 1.00 bits per heavy atom. The van der Waals surface area contributed by atoms with E-state index in [0.29, 0.717) is 0 Å². The van der Waals surface area contributed by atoms with Gasteiger partial charge in [-0.05, 0) is 34.7 Å². The van der Waals surface area contributed by atoms with Gasteiger partial charge in [0.1, 0.15) is 0 Å². The number of fused-ring (bicyclic) bond motifs is 4. The van der Waals surface area contributed by atoms with Gasteiger partial charge in [-0.3, -0.25) is 0 Å². The lowest BCUT2D eigenvalue weighted by Crippen LogP contribution is -1.83. The Balaban J connectivity index is 2.43. The van der Waals surface area contributed by atoms with Gasteiger partial charge in [0.15, 0.2) is 0 Å². The van der Waals surface area contributed by atoms with Crippen molar-refractivity contribution in [3.8, 4) is 0 Å². The SMILES string of the molecule is C1=Cc2c3cc(cc2C1)C=C3. The first-order valence-electron chi connectivity index (χ1n) is 3.95. The largest absolute Gasteiger partial charge is 0.0795 e. The van der Waals surface area contributed by atoms with Crippen molar-refractivity contribution < 1.29 is 0 Å². The zero-order valence-corrected chi connectivity index (χ0v) is 6.17. The second kappa shape index (κ2) is 1.65. The fourth-order valence-corrected chi connectivity index (χ4v) is 1.86. The van der Waals surface area contributed by atoms with Crippen LogP contribution in [-0.4, -0.2) is 0 Å². The van der Waals surface area contributed by atoms with Gasteiger partial charge in [-0.1, -0.05) is 30.4 Å². The molecule has 2 aliphatic rings. The van der Waals surface area contributed by atoms with Gasteiger partial charge in [0.05, 0.1) is 0 Å². The first-order valence-corrected chi connectivity index (χ1v) is 3.95. The van der Waals surface area contributed by atoms with E-state index >= 15 is 0 Å². The van der Waals surface area contributed by atoms with Crippen LogP contribution in [0, 0.1) is 0 Å². The highest BCUT2D eigenvalue weighted by atomic mass is 14.2. The molecular weight excluding hydrogens is 132 g/mol. The van der Waals surface area contributed by atoms with Crippen molar-refractivity contribution in [2.24, 2.45) is 0 Å². The standard InChI is InChI=1S/C11H8/c1-2-9-6-8-4-5-10(7-8)11(9)3-1/h1,3-7H,2H2. The molecule has 0 heteroatoms. The lowest BCUT2D eigenvalue weighted by Gasteiger charge is -1.99. The molecule has 0 fully saturated rings. The maximum Gasteiger partial charge on any atom is -0.00877 e. The van der Waals surface area contributed by atoms with Crippen LogP contribution in [0.2, 0.25) is 0 Å². The maximum absolute atomic E-state index is 2.28. The van der Waals surface area contributed by atoms with Crippen molar-refractivity contribution in [1.82, 2.24) is 0 Å². The Morgan fingerprint density at radius 2 is 2.00 bits per heavy atom. The molecule has 0 aromatic heterocycles. The number of hydrogen-bond donors (Lipinski definition) is 0. The summed E-state index contributed by atoms with van der Waals surface area (Å²) in [6.07, 6.45) is 9.96. The molecule has 0 saturated carbocycles. The van der Waals surface area contributed by atoms with Gasteiger partial charge in [-0.25, -0.2) is 0 Å².